The van der Waals surface area contributed by atoms with E-state index in [1.165, 1.54) is 0 Å². The van der Waals surface area contributed by atoms with Crippen LogP contribution in [0.1, 0.15) is 42.4 Å². The van der Waals surface area contributed by atoms with Gasteiger partial charge in [0.05, 0.1) is 23.1 Å². The summed E-state index contributed by atoms with van der Waals surface area (Å²) in [5.41, 5.74) is 7.43. The van der Waals surface area contributed by atoms with Crippen LogP contribution >= 0.6 is 0 Å². The number of aromatic nitrogens is 3. The zero-order chi connectivity index (χ0) is 16.7. The molecule has 0 aliphatic carbocycles. The summed E-state index contributed by atoms with van der Waals surface area (Å²) in [7, 11) is 0. The van der Waals surface area contributed by atoms with Crippen molar-refractivity contribution in [2.24, 2.45) is 11.7 Å². The molecule has 122 valence electrons. The molecular weight excluding hydrogens is 294 g/mol. The summed E-state index contributed by atoms with van der Waals surface area (Å²) in [4.78, 5) is 30.4. The van der Waals surface area contributed by atoms with Gasteiger partial charge in [-0.15, -0.1) is 0 Å². The van der Waals surface area contributed by atoms with Gasteiger partial charge in [0.2, 0.25) is 5.91 Å². The topological polar surface area (TPSA) is 94.1 Å². The van der Waals surface area contributed by atoms with E-state index in [9.17, 15) is 9.59 Å². The first kappa shape index (κ1) is 15.5. The molecule has 3 rings (SSSR count). The Morgan fingerprint density at radius 1 is 1.39 bits per heavy atom. The van der Waals surface area contributed by atoms with Gasteiger partial charge in [0.25, 0.3) is 5.91 Å². The summed E-state index contributed by atoms with van der Waals surface area (Å²) in [5.74, 6) is -0.688. The summed E-state index contributed by atoms with van der Waals surface area (Å²) < 4.78 is 1.81. The lowest BCUT2D eigenvalue weighted by Gasteiger charge is -2.17. The van der Waals surface area contributed by atoms with Gasteiger partial charge in [-0.2, -0.15) is 5.10 Å². The highest BCUT2D eigenvalue weighted by Crippen LogP contribution is 2.25. The Bertz CT molecular complexity index is 780. The van der Waals surface area contributed by atoms with Gasteiger partial charge in [-0.3, -0.25) is 9.59 Å². The number of likely N-dealkylation sites (tertiary alicyclic amines) is 1. The molecule has 23 heavy (non-hydrogen) atoms. The van der Waals surface area contributed by atoms with E-state index in [0.29, 0.717) is 30.7 Å². The summed E-state index contributed by atoms with van der Waals surface area (Å²) >= 11 is 0. The van der Waals surface area contributed by atoms with Crippen molar-refractivity contribution in [1.82, 2.24) is 19.7 Å². The van der Waals surface area contributed by atoms with Gasteiger partial charge in [-0.05, 0) is 33.3 Å². The highest BCUT2D eigenvalue weighted by atomic mass is 16.2. The summed E-state index contributed by atoms with van der Waals surface area (Å²) in [6.07, 6.45) is 2.32. The number of aryl methyl sites for hydroxylation is 1. The van der Waals surface area contributed by atoms with E-state index < -0.39 is 0 Å². The molecule has 2 amide bonds. The molecule has 0 saturated carbocycles. The second-order valence-corrected chi connectivity index (χ2v) is 6.37. The predicted molar refractivity (Wildman–Crippen MR) is 85.9 cm³/mol. The molecule has 3 heterocycles. The maximum atomic E-state index is 12.9. The number of nitrogens with zero attached hydrogens (tertiary/aromatic N) is 4. The Hall–Kier alpha value is -2.44. The second-order valence-electron chi connectivity index (χ2n) is 6.37. The van der Waals surface area contributed by atoms with Crippen LogP contribution in [0.3, 0.4) is 0 Å². The van der Waals surface area contributed by atoms with Crippen LogP contribution in [0.5, 0.6) is 0 Å². The van der Waals surface area contributed by atoms with Crippen LogP contribution in [0.25, 0.3) is 11.0 Å². The lowest BCUT2D eigenvalue weighted by atomic mass is 10.1. The van der Waals surface area contributed by atoms with Gasteiger partial charge < -0.3 is 10.6 Å². The van der Waals surface area contributed by atoms with Crippen molar-refractivity contribution < 1.29 is 9.59 Å². The Balaban J connectivity index is 2.00. The van der Waals surface area contributed by atoms with Crippen LogP contribution < -0.4 is 5.73 Å². The molecule has 2 aromatic heterocycles. The minimum Gasteiger partial charge on any atom is -0.369 e. The largest absolute Gasteiger partial charge is 0.369 e. The Labute approximate surface area is 134 Å². The standard InChI is InChI=1S/C16H21N5O2/c1-9(2)21-15-13(7-18-21)12(6-10(3)19-15)16(23)20-5-4-11(8-20)14(17)22/h6-7,9,11H,4-5,8H2,1-3H3,(H2,17,22)/t11-/m0/s1. The molecule has 0 spiro atoms. The molecule has 0 bridgehead atoms. The smallest absolute Gasteiger partial charge is 0.254 e. The van der Waals surface area contributed by atoms with Gasteiger partial charge in [-0.25, -0.2) is 9.67 Å². The molecule has 0 aromatic carbocycles. The van der Waals surface area contributed by atoms with Gasteiger partial charge in [0.1, 0.15) is 0 Å². The lowest BCUT2D eigenvalue weighted by molar-refractivity contribution is -0.121. The SMILES string of the molecule is Cc1cc(C(=O)N2CC[C@H](C(N)=O)C2)c2cnn(C(C)C)c2n1. The first-order valence-corrected chi connectivity index (χ1v) is 7.82. The molecular formula is C16H21N5O2. The molecule has 1 aliphatic rings. The Kier molecular flexibility index (Phi) is 3.79. The number of hydrogen-bond acceptors (Lipinski definition) is 4. The van der Waals surface area contributed by atoms with Gasteiger partial charge in [0.15, 0.2) is 5.65 Å². The number of nitrogens with two attached hydrogens (primary N) is 1. The highest BCUT2D eigenvalue weighted by molar-refractivity contribution is 6.05. The van der Waals surface area contributed by atoms with Crippen molar-refractivity contribution in [2.75, 3.05) is 13.1 Å². The van der Waals surface area contributed by atoms with Gasteiger partial charge in [0, 0.05) is 24.8 Å². The van der Waals surface area contributed by atoms with E-state index in [0.717, 1.165) is 11.1 Å². The molecule has 2 aromatic rings. The fourth-order valence-corrected chi connectivity index (χ4v) is 3.05. The number of carbonyl (C=O) groups excluding carboxylic acids is 2. The fourth-order valence-electron chi connectivity index (χ4n) is 3.05. The summed E-state index contributed by atoms with van der Waals surface area (Å²) in [5, 5.41) is 5.11. The number of carbonyl (C=O) groups is 2. The molecule has 7 nitrogen and oxygen atoms in total. The Morgan fingerprint density at radius 3 is 2.74 bits per heavy atom. The molecule has 2 N–H and O–H groups in total. The van der Waals surface area contributed by atoms with E-state index in [-0.39, 0.29) is 23.8 Å². The second kappa shape index (κ2) is 5.64. The van der Waals surface area contributed by atoms with Crippen molar-refractivity contribution in [2.45, 2.75) is 33.2 Å². The van der Waals surface area contributed by atoms with E-state index in [2.05, 4.69) is 10.1 Å². The number of amides is 2. The maximum Gasteiger partial charge on any atom is 0.254 e. The number of fused-ring (bicyclic) bond motifs is 1. The van der Waals surface area contributed by atoms with E-state index >= 15 is 0 Å². The highest BCUT2D eigenvalue weighted by Gasteiger charge is 2.31. The van der Waals surface area contributed by atoms with E-state index in [4.69, 9.17) is 5.73 Å². The zero-order valence-electron chi connectivity index (χ0n) is 13.6. The molecule has 7 heteroatoms. The third-order valence-corrected chi connectivity index (χ3v) is 4.29. The number of pyridine rings is 1. The fraction of sp³-hybridized carbons (Fsp3) is 0.500. The minimum atomic E-state index is -0.344. The summed E-state index contributed by atoms with van der Waals surface area (Å²) in [6.45, 7) is 6.85. The zero-order valence-corrected chi connectivity index (χ0v) is 13.6. The number of primary amides is 1. The van der Waals surface area contributed by atoms with Gasteiger partial charge in [-0.1, -0.05) is 0 Å². The monoisotopic (exact) mass is 315 g/mol. The average molecular weight is 315 g/mol. The van der Waals surface area contributed by atoms with Crippen molar-refractivity contribution in [3.05, 3.63) is 23.5 Å². The Morgan fingerprint density at radius 2 is 2.13 bits per heavy atom. The van der Waals surface area contributed by atoms with Crippen LogP contribution in [-0.2, 0) is 4.79 Å². The third kappa shape index (κ3) is 2.67. The van der Waals surface area contributed by atoms with Crippen LogP contribution in [-0.4, -0.2) is 44.6 Å². The molecule has 0 unspecified atom stereocenters. The molecule has 1 fully saturated rings. The van der Waals surface area contributed by atoms with Crippen LogP contribution in [0.4, 0.5) is 0 Å². The molecule has 0 radical (unpaired) electrons. The average Bonchev–Trinajstić information content (AvgIpc) is 3.12. The normalized spacial score (nSPS) is 18.1. The first-order valence-electron chi connectivity index (χ1n) is 7.82. The number of rotatable bonds is 3. The van der Waals surface area contributed by atoms with Crippen molar-refractivity contribution in [3.8, 4) is 0 Å². The lowest BCUT2D eigenvalue weighted by Crippen LogP contribution is -2.32. The maximum absolute atomic E-state index is 12.9. The van der Waals surface area contributed by atoms with Crippen molar-refractivity contribution >= 4 is 22.8 Å². The summed E-state index contributed by atoms with van der Waals surface area (Å²) in [6, 6.07) is 1.95. The van der Waals surface area contributed by atoms with Crippen LogP contribution in [0, 0.1) is 12.8 Å². The van der Waals surface area contributed by atoms with Gasteiger partial charge >= 0.3 is 0 Å². The third-order valence-electron chi connectivity index (χ3n) is 4.29. The van der Waals surface area contributed by atoms with Crippen LogP contribution in [0.15, 0.2) is 12.3 Å². The van der Waals surface area contributed by atoms with Crippen molar-refractivity contribution in [1.29, 1.82) is 0 Å². The predicted octanol–water partition coefficient (Wildman–Crippen LogP) is 1.27. The quantitative estimate of drug-likeness (QED) is 0.922. The molecule has 1 atom stereocenters. The minimum absolute atomic E-state index is 0.0902. The first-order chi connectivity index (χ1) is 10.9. The number of hydrogen-bond donors (Lipinski definition) is 1. The van der Waals surface area contributed by atoms with Crippen molar-refractivity contribution in [3.63, 3.8) is 0 Å². The molecule has 1 aliphatic heterocycles. The van der Waals surface area contributed by atoms with Crippen LogP contribution in [0.2, 0.25) is 0 Å². The van der Waals surface area contributed by atoms with E-state index in [1.54, 1.807) is 17.2 Å². The molecule has 1 saturated heterocycles. The van der Waals surface area contributed by atoms with E-state index in [1.807, 2.05) is 25.5 Å².